The molecule has 2 aliphatic carbocycles. The predicted octanol–water partition coefficient (Wildman–Crippen LogP) is 4.74. The number of Topliss-reactive ketones (excluding diaryl/α,β-unsaturated/α-hetero) is 1. The van der Waals surface area contributed by atoms with Crippen LogP contribution in [0.25, 0.3) is 5.57 Å². The summed E-state index contributed by atoms with van der Waals surface area (Å²) in [7, 11) is 1.95. The van der Waals surface area contributed by atoms with Crippen LogP contribution in [0, 0.1) is 24.1 Å². The number of nitrogens with zero attached hydrogens (tertiary/aromatic N) is 3. The van der Waals surface area contributed by atoms with E-state index in [4.69, 9.17) is 0 Å². The number of aromatic nitrogens is 1. The molecule has 2 unspecified atom stereocenters. The normalized spacial score (nSPS) is 21.9. The Kier molecular flexibility index (Phi) is 5.04. The number of pyridine rings is 1. The second kappa shape index (κ2) is 7.69. The van der Waals surface area contributed by atoms with Crippen LogP contribution in [0.2, 0.25) is 0 Å². The Bertz CT molecular complexity index is 1340. The van der Waals surface area contributed by atoms with Gasteiger partial charge in [-0.05, 0) is 72.6 Å². The van der Waals surface area contributed by atoms with Crippen molar-refractivity contribution in [2.75, 3.05) is 11.9 Å². The van der Waals surface area contributed by atoms with E-state index in [1.807, 2.05) is 38.5 Å². The zero-order valence-corrected chi connectivity index (χ0v) is 19.6. The lowest BCUT2D eigenvalue weighted by atomic mass is 9.77. The Morgan fingerprint density at radius 1 is 1.09 bits per heavy atom. The zero-order valence-electron chi connectivity index (χ0n) is 19.6. The van der Waals surface area contributed by atoms with Crippen molar-refractivity contribution in [1.29, 1.82) is 5.26 Å². The molecule has 6 heteroatoms. The maximum atomic E-state index is 14.8. The average molecular weight is 446 g/mol. The van der Waals surface area contributed by atoms with Crippen LogP contribution in [0.3, 0.4) is 0 Å². The van der Waals surface area contributed by atoms with E-state index in [1.54, 1.807) is 6.07 Å². The molecule has 2 atom stereocenters. The first-order valence-corrected chi connectivity index (χ1v) is 11.9. The highest BCUT2D eigenvalue weighted by Crippen LogP contribution is 2.53. The van der Waals surface area contributed by atoms with Crippen LogP contribution in [-0.4, -0.2) is 17.4 Å². The third-order valence-electron chi connectivity index (χ3n) is 7.73. The number of carbonyl (C=O) groups excluding carboxylic acids is 1. The van der Waals surface area contributed by atoms with Crippen molar-refractivity contribution in [3.63, 3.8) is 0 Å². The SMILES string of the molecule is CC.Cc1c(F)cc2c3c1CCCC3=C1Cn3c(cc4c(c3=O)CCC(=O)C4C#N)C1N2C. The number of hydrogen-bond donors (Lipinski definition) is 0. The van der Waals surface area contributed by atoms with Crippen LogP contribution in [0.15, 0.2) is 22.5 Å². The molecule has 5 nitrogen and oxygen atoms in total. The van der Waals surface area contributed by atoms with Crippen molar-refractivity contribution in [2.24, 2.45) is 0 Å². The van der Waals surface area contributed by atoms with Gasteiger partial charge in [0, 0.05) is 42.5 Å². The quantitative estimate of drug-likeness (QED) is 0.588. The Morgan fingerprint density at radius 3 is 2.58 bits per heavy atom. The molecule has 0 bridgehead atoms. The van der Waals surface area contributed by atoms with Crippen molar-refractivity contribution in [2.45, 2.75) is 71.4 Å². The number of allylic oxidation sites excluding steroid dienone is 1. The Hall–Kier alpha value is -3.20. The van der Waals surface area contributed by atoms with Gasteiger partial charge < -0.3 is 9.47 Å². The maximum absolute atomic E-state index is 14.8. The van der Waals surface area contributed by atoms with Crippen molar-refractivity contribution in [3.8, 4) is 6.07 Å². The van der Waals surface area contributed by atoms with E-state index in [1.165, 1.54) is 11.1 Å². The molecule has 1 aromatic carbocycles. The van der Waals surface area contributed by atoms with Crippen LogP contribution >= 0.6 is 0 Å². The minimum absolute atomic E-state index is 0.0846. The molecule has 0 spiro atoms. The lowest BCUT2D eigenvalue weighted by molar-refractivity contribution is -0.119. The molecule has 0 N–H and O–H groups in total. The summed E-state index contributed by atoms with van der Waals surface area (Å²) < 4.78 is 16.6. The average Bonchev–Trinajstić information content (AvgIpc) is 3.22. The van der Waals surface area contributed by atoms with Gasteiger partial charge in [0.1, 0.15) is 11.7 Å². The van der Waals surface area contributed by atoms with E-state index in [0.717, 1.165) is 47.3 Å². The van der Waals surface area contributed by atoms with E-state index < -0.39 is 5.92 Å². The monoisotopic (exact) mass is 445 g/mol. The van der Waals surface area contributed by atoms with Crippen molar-refractivity contribution in [3.05, 3.63) is 67.4 Å². The summed E-state index contributed by atoms with van der Waals surface area (Å²) in [5.74, 6) is -1.18. The first-order valence-electron chi connectivity index (χ1n) is 11.9. The van der Waals surface area contributed by atoms with Gasteiger partial charge in [-0.15, -0.1) is 0 Å². The molecule has 0 amide bonds. The third kappa shape index (κ3) is 2.81. The molecule has 0 radical (unpaired) electrons. The summed E-state index contributed by atoms with van der Waals surface area (Å²) in [6.07, 6.45) is 3.40. The summed E-state index contributed by atoms with van der Waals surface area (Å²) in [5.41, 5.74) is 8.17. The molecule has 1 aromatic heterocycles. The number of halogens is 1. The van der Waals surface area contributed by atoms with Crippen LogP contribution < -0.4 is 10.5 Å². The van der Waals surface area contributed by atoms with Gasteiger partial charge in [-0.25, -0.2) is 4.39 Å². The molecular weight excluding hydrogens is 417 g/mol. The molecule has 4 aliphatic rings. The van der Waals surface area contributed by atoms with Crippen molar-refractivity contribution in [1.82, 2.24) is 4.57 Å². The minimum atomic E-state index is -0.874. The van der Waals surface area contributed by atoms with E-state index in [0.29, 0.717) is 24.1 Å². The van der Waals surface area contributed by atoms with Gasteiger partial charge in [0.2, 0.25) is 0 Å². The fourth-order valence-electron chi connectivity index (χ4n) is 6.20. The summed E-state index contributed by atoms with van der Waals surface area (Å²) in [4.78, 5) is 27.8. The first kappa shape index (κ1) is 21.6. The molecule has 0 saturated heterocycles. The number of likely N-dealkylation sites (N-methyl/N-ethyl adjacent to an activating group) is 1. The highest BCUT2D eigenvalue weighted by atomic mass is 19.1. The number of ketones is 1. The number of carbonyl (C=O) groups is 1. The maximum Gasteiger partial charge on any atom is 0.254 e. The van der Waals surface area contributed by atoms with Gasteiger partial charge in [-0.1, -0.05) is 13.8 Å². The van der Waals surface area contributed by atoms with Gasteiger partial charge in [-0.3, -0.25) is 9.59 Å². The van der Waals surface area contributed by atoms with Gasteiger partial charge >= 0.3 is 0 Å². The number of hydrogen-bond acceptors (Lipinski definition) is 4. The van der Waals surface area contributed by atoms with Crippen molar-refractivity contribution < 1.29 is 9.18 Å². The van der Waals surface area contributed by atoms with E-state index in [9.17, 15) is 19.2 Å². The van der Waals surface area contributed by atoms with E-state index in [-0.39, 0.29) is 29.6 Å². The molecule has 0 saturated carbocycles. The zero-order chi connectivity index (χ0) is 23.6. The van der Waals surface area contributed by atoms with Crippen LogP contribution in [0.4, 0.5) is 10.1 Å². The molecule has 3 heterocycles. The molecule has 2 aliphatic heterocycles. The molecule has 6 rings (SSSR count). The summed E-state index contributed by atoms with van der Waals surface area (Å²) in [6.45, 7) is 6.37. The number of rotatable bonds is 0. The standard InChI is InChI=1S/C25H22FN3O2.C2H6/c1-12-13-4-3-5-14-18-11-29-21(24(18)28(2)20(23(13)14)9-19(12)26)8-16-15(25(29)31)6-7-22(30)17(16)10-27;1-2/h8-9,17,24H,3-7,11H2,1-2H3;1-2H3. The fourth-order valence-corrected chi connectivity index (χ4v) is 6.20. The van der Waals surface area contributed by atoms with Crippen LogP contribution in [0.5, 0.6) is 0 Å². The molecule has 0 fully saturated rings. The summed E-state index contributed by atoms with van der Waals surface area (Å²) in [5, 5.41) is 9.60. The Balaban J connectivity index is 0.00000111. The first-order chi connectivity index (χ1) is 15.9. The lowest BCUT2D eigenvalue weighted by Gasteiger charge is -2.39. The fraction of sp³-hybridized carbons (Fsp3) is 0.444. The largest absolute Gasteiger partial charge is 0.362 e. The number of anilines is 1. The van der Waals surface area contributed by atoms with Gasteiger partial charge in [-0.2, -0.15) is 5.26 Å². The van der Waals surface area contributed by atoms with E-state index >= 15 is 0 Å². The second-order valence-electron chi connectivity index (χ2n) is 9.15. The second-order valence-corrected chi connectivity index (χ2v) is 9.15. The van der Waals surface area contributed by atoms with Gasteiger partial charge in [0.15, 0.2) is 5.78 Å². The summed E-state index contributed by atoms with van der Waals surface area (Å²) in [6, 6.07) is 5.45. The lowest BCUT2D eigenvalue weighted by Crippen LogP contribution is -2.33. The van der Waals surface area contributed by atoms with Crippen LogP contribution in [0.1, 0.15) is 78.6 Å². The smallest absolute Gasteiger partial charge is 0.254 e. The van der Waals surface area contributed by atoms with Gasteiger partial charge in [0.05, 0.1) is 12.1 Å². The Labute approximate surface area is 193 Å². The predicted molar refractivity (Wildman–Crippen MR) is 126 cm³/mol. The third-order valence-corrected chi connectivity index (χ3v) is 7.73. The highest BCUT2D eigenvalue weighted by molar-refractivity contribution is 5.91. The molecule has 2 aromatic rings. The van der Waals surface area contributed by atoms with Crippen LogP contribution in [-0.2, 0) is 24.2 Å². The topological polar surface area (TPSA) is 66.1 Å². The number of nitriles is 1. The minimum Gasteiger partial charge on any atom is -0.362 e. The molecular formula is C27H28FN3O2. The highest BCUT2D eigenvalue weighted by Gasteiger charge is 2.42. The van der Waals surface area contributed by atoms with Gasteiger partial charge in [0.25, 0.3) is 5.56 Å². The van der Waals surface area contributed by atoms with Crippen molar-refractivity contribution >= 4 is 17.0 Å². The number of benzene rings is 1. The Morgan fingerprint density at radius 2 is 1.85 bits per heavy atom. The molecule has 170 valence electrons. The summed E-state index contributed by atoms with van der Waals surface area (Å²) >= 11 is 0. The number of fused-ring (bicyclic) bond motifs is 4. The molecule has 33 heavy (non-hydrogen) atoms. The van der Waals surface area contributed by atoms with E-state index in [2.05, 4.69) is 11.0 Å².